The molecule has 90 valence electrons. The number of allylic oxidation sites excluding steroid dienone is 1. The molecule has 0 spiro atoms. The van der Waals surface area contributed by atoms with Gasteiger partial charge in [0.25, 0.3) is 0 Å². The van der Waals surface area contributed by atoms with Crippen LogP contribution in [0.3, 0.4) is 0 Å². The van der Waals surface area contributed by atoms with Crippen LogP contribution < -0.4 is 5.32 Å². The number of carbonyl (C=O) groups is 1. The zero-order chi connectivity index (χ0) is 12.8. The van der Waals surface area contributed by atoms with Gasteiger partial charge in [-0.3, -0.25) is 4.79 Å². The molecule has 0 aliphatic heterocycles. The highest BCUT2D eigenvalue weighted by atomic mass is 79.9. The van der Waals surface area contributed by atoms with Gasteiger partial charge in [-0.15, -0.1) is 0 Å². The van der Waals surface area contributed by atoms with E-state index in [1.165, 1.54) is 6.08 Å². The van der Waals surface area contributed by atoms with Gasteiger partial charge in [0.05, 0.1) is 5.69 Å². The molecular formula is C15H12BrNO. The Hall–Kier alpha value is -1.87. The van der Waals surface area contributed by atoms with Crippen LogP contribution in [0.2, 0.25) is 0 Å². The quantitative estimate of drug-likeness (QED) is 0.675. The molecule has 1 N–H and O–H groups in total. The van der Waals surface area contributed by atoms with Crippen LogP contribution in [0.5, 0.6) is 0 Å². The highest BCUT2D eigenvalue weighted by molar-refractivity contribution is 9.10. The number of benzene rings is 2. The zero-order valence-electron chi connectivity index (χ0n) is 9.64. The molecule has 2 nitrogen and oxygen atoms in total. The molecule has 2 aromatic carbocycles. The van der Waals surface area contributed by atoms with Crippen LogP contribution in [0.15, 0.2) is 71.3 Å². The molecule has 3 heteroatoms. The topological polar surface area (TPSA) is 29.1 Å². The Morgan fingerprint density at radius 1 is 1.00 bits per heavy atom. The Morgan fingerprint density at radius 3 is 2.39 bits per heavy atom. The normalized spacial score (nSPS) is 10.5. The fraction of sp³-hybridized carbons (Fsp3) is 0. The molecule has 0 radical (unpaired) electrons. The maximum absolute atomic E-state index is 11.8. The summed E-state index contributed by atoms with van der Waals surface area (Å²) in [5, 5.41) is 3.07. The van der Waals surface area contributed by atoms with Crippen LogP contribution in [0.25, 0.3) is 0 Å². The lowest BCUT2D eigenvalue weighted by atomic mass is 10.1. The minimum Gasteiger partial charge on any atom is -0.361 e. The van der Waals surface area contributed by atoms with Crippen molar-refractivity contribution in [3.8, 4) is 0 Å². The lowest BCUT2D eigenvalue weighted by molar-refractivity contribution is 0.104. The maximum atomic E-state index is 11.8. The largest absolute Gasteiger partial charge is 0.361 e. The molecule has 0 aromatic heterocycles. The van der Waals surface area contributed by atoms with Crippen molar-refractivity contribution in [2.24, 2.45) is 0 Å². The van der Waals surface area contributed by atoms with Crippen LogP contribution in [0.1, 0.15) is 10.4 Å². The van der Waals surface area contributed by atoms with E-state index in [0.29, 0.717) is 5.56 Å². The van der Waals surface area contributed by atoms with E-state index in [2.05, 4.69) is 21.2 Å². The lowest BCUT2D eigenvalue weighted by Gasteiger charge is -2.02. The molecule has 0 saturated heterocycles. The molecule has 0 bridgehead atoms. The first kappa shape index (κ1) is 12.6. The molecule has 0 aliphatic rings. The number of anilines is 1. The molecular weight excluding hydrogens is 290 g/mol. The number of halogens is 1. The third-order valence-corrected chi connectivity index (χ3v) is 3.10. The summed E-state index contributed by atoms with van der Waals surface area (Å²) in [6.45, 7) is 0. The van der Waals surface area contributed by atoms with E-state index < -0.39 is 0 Å². The second-order valence-corrected chi connectivity index (χ2v) is 4.54. The predicted molar refractivity (Wildman–Crippen MR) is 77.7 cm³/mol. The van der Waals surface area contributed by atoms with Crippen molar-refractivity contribution in [3.63, 3.8) is 0 Å². The minimum absolute atomic E-state index is 0.0184. The van der Waals surface area contributed by atoms with Crippen molar-refractivity contribution >= 4 is 27.4 Å². The fourth-order valence-electron chi connectivity index (χ4n) is 1.48. The summed E-state index contributed by atoms with van der Waals surface area (Å²) >= 11 is 3.43. The van der Waals surface area contributed by atoms with Gasteiger partial charge in [0.2, 0.25) is 0 Å². The summed E-state index contributed by atoms with van der Waals surface area (Å²) in [4.78, 5) is 11.8. The first-order chi connectivity index (χ1) is 8.77. The van der Waals surface area contributed by atoms with Gasteiger partial charge in [-0.25, -0.2) is 0 Å². The van der Waals surface area contributed by atoms with E-state index in [-0.39, 0.29) is 5.78 Å². The van der Waals surface area contributed by atoms with E-state index >= 15 is 0 Å². The van der Waals surface area contributed by atoms with Crippen molar-refractivity contribution < 1.29 is 4.79 Å². The van der Waals surface area contributed by atoms with Crippen LogP contribution in [0, 0.1) is 0 Å². The van der Waals surface area contributed by atoms with E-state index in [4.69, 9.17) is 0 Å². The SMILES string of the molecule is O=C(C=CNc1ccccc1Br)c1ccccc1. The Kier molecular flexibility index (Phi) is 4.31. The van der Waals surface area contributed by atoms with Crippen LogP contribution >= 0.6 is 15.9 Å². The Morgan fingerprint density at radius 2 is 1.67 bits per heavy atom. The first-order valence-corrected chi connectivity index (χ1v) is 6.33. The van der Waals surface area contributed by atoms with Crippen LogP contribution in [0.4, 0.5) is 5.69 Å². The Labute approximate surface area is 114 Å². The average molecular weight is 302 g/mol. The molecule has 18 heavy (non-hydrogen) atoms. The fourth-order valence-corrected chi connectivity index (χ4v) is 1.88. The van der Waals surface area contributed by atoms with Crippen LogP contribution in [-0.4, -0.2) is 5.78 Å². The number of para-hydroxylation sites is 1. The second kappa shape index (κ2) is 6.17. The van der Waals surface area contributed by atoms with Gasteiger partial charge in [-0.2, -0.15) is 0 Å². The predicted octanol–water partition coefficient (Wildman–Crippen LogP) is 4.26. The summed E-state index contributed by atoms with van der Waals surface area (Å²) < 4.78 is 0.960. The van der Waals surface area contributed by atoms with E-state index in [9.17, 15) is 4.79 Å². The van der Waals surface area contributed by atoms with E-state index in [1.807, 2.05) is 42.5 Å². The van der Waals surface area contributed by atoms with Crippen molar-refractivity contribution in [3.05, 3.63) is 76.9 Å². The van der Waals surface area contributed by atoms with Gasteiger partial charge in [0.1, 0.15) is 0 Å². The third-order valence-electron chi connectivity index (χ3n) is 2.41. The molecule has 0 heterocycles. The summed E-state index contributed by atoms with van der Waals surface area (Å²) in [6.07, 6.45) is 3.17. The van der Waals surface area contributed by atoms with Gasteiger partial charge in [0.15, 0.2) is 5.78 Å². The molecule has 0 atom stereocenters. The van der Waals surface area contributed by atoms with E-state index in [1.54, 1.807) is 18.3 Å². The molecule has 2 rings (SSSR count). The number of hydrogen-bond donors (Lipinski definition) is 1. The summed E-state index contributed by atoms with van der Waals surface area (Å²) in [5.41, 5.74) is 1.61. The van der Waals surface area contributed by atoms with Gasteiger partial charge in [-0.1, -0.05) is 42.5 Å². The smallest absolute Gasteiger partial charge is 0.187 e. The zero-order valence-corrected chi connectivity index (χ0v) is 11.2. The standard InChI is InChI=1S/C15H12BrNO/c16-13-8-4-5-9-14(13)17-11-10-15(18)12-6-2-1-3-7-12/h1-11,17H. The van der Waals surface area contributed by atoms with E-state index in [0.717, 1.165) is 10.2 Å². The van der Waals surface area contributed by atoms with Gasteiger partial charge in [-0.05, 0) is 28.1 Å². The summed E-state index contributed by atoms with van der Waals surface area (Å²) in [7, 11) is 0. The molecule has 2 aromatic rings. The lowest BCUT2D eigenvalue weighted by Crippen LogP contribution is -1.96. The number of carbonyl (C=O) groups excluding carboxylic acids is 1. The summed E-state index contributed by atoms with van der Waals surface area (Å²) in [5.74, 6) is -0.0184. The molecule has 0 unspecified atom stereocenters. The molecule has 0 saturated carbocycles. The van der Waals surface area contributed by atoms with Crippen molar-refractivity contribution in [1.82, 2.24) is 0 Å². The Bertz CT molecular complexity index is 564. The van der Waals surface area contributed by atoms with Gasteiger partial charge >= 0.3 is 0 Å². The molecule has 0 amide bonds. The number of hydrogen-bond acceptors (Lipinski definition) is 2. The monoisotopic (exact) mass is 301 g/mol. The number of ketones is 1. The summed E-state index contributed by atoms with van der Waals surface area (Å²) in [6, 6.07) is 16.9. The van der Waals surface area contributed by atoms with Gasteiger partial charge < -0.3 is 5.32 Å². The number of nitrogens with one attached hydrogen (secondary N) is 1. The maximum Gasteiger partial charge on any atom is 0.187 e. The molecule has 0 fully saturated rings. The second-order valence-electron chi connectivity index (χ2n) is 3.69. The Balaban J connectivity index is 2.01. The van der Waals surface area contributed by atoms with Crippen molar-refractivity contribution in [2.75, 3.05) is 5.32 Å². The molecule has 0 aliphatic carbocycles. The minimum atomic E-state index is -0.0184. The number of rotatable bonds is 4. The van der Waals surface area contributed by atoms with Crippen molar-refractivity contribution in [1.29, 1.82) is 0 Å². The van der Waals surface area contributed by atoms with Gasteiger partial charge in [0, 0.05) is 22.3 Å². The highest BCUT2D eigenvalue weighted by Gasteiger charge is 1.99. The first-order valence-electron chi connectivity index (χ1n) is 5.54. The third kappa shape index (κ3) is 3.31. The van der Waals surface area contributed by atoms with Crippen LogP contribution in [-0.2, 0) is 0 Å². The van der Waals surface area contributed by atoms with Crippen molar-refractivity contribution in [2.45, 2.75) is 0 Å². The average Bonchev–Trinajstić information content (AvgIpc) is 2.42. The highest BCUT2D eigenvalue weighted by Crippen LogP contribution is 2.20.